The van der Waals surface area contributed by atoms with E-state index in [0.29, 0.717) is 5.13 Å². The third-order valence-corrected chi connectivity index (χ3v) is 3.48. The van der Waals surface area contributed by atoms with Gasteiger partial charge in [0.15, 0.2) is 10.9 Å². The highest BCUT2D eigenvalue weighted by Gasteiger charge is 2.14. The number of thiazole rings is 1. The van der Waals surface area contributed by atoms with Crippen LogP contribution >= 0.6 is 11.3 Å². The van der Waals surface area contributed by atoms with Crippen molar-refractivity contribution in [3.63, 3.8) is 0 Å². The van der Waals surface area contributed by atoms with Crippen molar-refractivity contribution in [3.05, 3.63) is 38.9 Å². The standard InChI is InChI=1S/C12H12N2O4S/c1-6-7(2)19-12(13-6)14-11(16)9-4-8(15)10(17-3)5-18-9/h4-5H,1-3H3,(H,13,14,16). The molecule has 0 saturated carbocycles. The number of anilines is 1. The summed E-state index contributed by atoms with van der Waals surface area (Å²) in [5, 5.41) is 3.05. The summed E-state index contributed by atoms with van der Waals surface area (Å²) in [7, 11) is 1.35. The molecule has 0 radical (unpaired) electrons. The Kier molecular flexibility index (Phi) is 3.66. The molecule has 0 aliphatic carbocycles. The van der Waals surface area contributed by atoms with Crippen LogP contribution in [-0.2, 0) is 0 Å². The van der Waals surface area contributed by atoms with Crippen LogP contribution in [0.1, 0.15) is 21.1 Å². The van der Waals surface area contributed by atoms with Crippen LogP contribution in [0.5, 0.6) is 5.75 Å². The molecule has 0 aliphatic heterocycles. The van der Waals surface area contributed by atoms with Crippen LogP contribution in [0.3, 0.4) is 0 Å². The molecule has 1 amide bonds. The first kappa shape index (κ1) is 13.3. The van der Waals surface area contributed by atoms with Gasteiger partial charge >= 0.3 is 0 Å². The van der Waals surface area contributed by atoms with Crippen LogP contribution in [0.25, 0.3) is 0 Å². The first-order valence-electron chi connectivity index (χ1n) is 5.43. The molecule has 0 aliphatic rings. The van der Waals surface area contributed by atoms with E-state index in [1.165, 1.54) is 18.4 Å². The van der Waals surface area contributed by atoms with Gasteiger partial charge in [-0.15, -0.1) is 11.3 Å². The maximum atomic E-state index is 11.9. The first-order valence-corrected chi connectivity index (χ1v) is 6.25. The predicted octanol–water partition coefficient (Wildman–Crippen LogP) is 1.97. The lowest BCUT2D eigenvalue weighted by Gasteiger charge is -2.01. The first-order chi connectivity index (χ1) is 9.01. The highest BCUT2D eigenvalue weighted by Crippen LogP contribution is 2.21. The second-order valence-electron chi connectivity index (χ2n) is 3.79. The van der Waals surface area contributed by atoms with Crippen LogP contribution in [-0.4, -0.2) is 18.0 Å². The molecule has 100 valence electrons. The summed E-state index contributed by atoms with van der Waals surface area (Å²) < 4.78 is 9.81. The zero-order chi connectivity index (χ0) is 14.0. The van der Waals surface area contributed by atoms with Gasteiger partial charge in [0.25, 0.3) is 5.91 Å². The number of hydrogen-bond donors (Lipinski definition) is 1. The quantitative estimate of drug-likeness (QED) is 0.929. The zero-order valence-electron chi connectivity index (χ0n) is 10.6. The summed E-state index contributed by atoms with van der Waals surface area (Å²) in [4.78, 5) is 28.6. The van der Waals surface area contributed by atoms with Crippen molar-refractivity contribution in [1.29, 1.82) is 0 Å². The molecule has 2 aromatic heterocycles. The SMILES string of the molecule is COc1coc(C(=O)Nc2nc(C)c(C)s2)cc1=O. The molecule has 0 spiro atoms. The van der Waals surface area contributed by atoms with E-state index in [4.69, 9.17) is 9.15 Å². The summed E-state index contributed by atoms with van der Waals surface area (Å²) in [5.41, 5.74) is 0.446. The molecule has 19 heavy (non-hydrogen) atoms. The van der Waals surface area contributed by atoms with Gasteiger partial charge < -0.3 is 9.15 Å². The van der Waals surface area contributed by atoms with Gasteiger partial charge in [-0.3, -0.25) is 14.9 Å². The van der Waals surface area contributed by atoms with Crippen LogP contribution < -0.4 is 15.5 Å². The van der Waals surface area contributed by atoms with Gasteiger partial charge in [-0.25, -0.2) is 4.98 Å². The van der Waals surface area contributed by atoms with Gasteiger partial charge in [0.1, 0.15) is 6.26 Å². The third-order valence-electron chi connectivity index (χ3n) is 2.49. The molecule has 6 nitrogen and oxygen atoms in total. The minimum Gasteiger partial charge on any atom is -0.490 e. The largest absolute Gasteiger partial charge is 0.490 e. The fourth-order valence-electron chi connectivity index (χ4n) is 1.35. The van der Waals surface area contributed by atoms with Crippen molar-refractivity contribution in [1.82, 2.24) is 4.98 Å². The number of amides is 1. The minimum absolute atomic E-state index is 0.0532. The number of carbonyl (C=O) groups excluding carboxylic acids is 1. The minimum atomic E-state index is -0.520. The number of nitrogens with one attached hydrogen (secondary N) is 1. The summed E-state index contributed by atoms with van der Waals surface area (Å²) >= 11 is 1.36. The molecule has 0 unspecified atom stereocenters. The van der Waals surface area contributed by atoms with E-state index in [0.717, 1.165) is 22.9 Å². The van der Waals surface area contributed by atoms with Crippen LogP contribution in [0.2, 0.25) is 0 Å². The number of methoxy groups -OCH3 is 1. The summed E-state index contributed by atoms with van der Waals surface area (Å²) in [5.74, 6) is -0.553. The summed E-state index contributed by atoms with van der Waals surface area (Å²) in [6.45, 7) is 3.77. The van der Waals surface area contributed by atoms with Crippen molar-refractivity contribution < 1.29 is 13.9 Å². The molecule has 0 bridgehead atoms. The van der Waals surface area contributed by atoms with Gasteiger partial charge in [-0.2, -0.15) is 0 Å². The second kappa shape index (κ2) is 5.23. The maximum Gasteiger partial charge on any atom is 0.293 e. The molecule has 0 atom stereocenters. The highest BCUT2D eigenvalue weighted by molar-refractivity contribution is 7.15. The van der Waals surface area contributed by atoms with E-state index >= 15 is 0 Å². The van der Waals surface area contributed by atoms with Gasteiger partial charge in [0, 0.05) is 10.9 Å². The van der Waals surface area contributed by atoms with Crippen molar-refractivity contribution >= 4 is 22.4 Å². The van der Waals surface area contributed by atoms with Crippen molar-refractivity contribution in [2.45, 2.75) is 13.8 Å². The van der Waals surface area contributed by atoms with E-state index in [1.54, 1.807) is 0 Å². The topological polar surface area (TPSA) is 81.4 Å². The number of aromatic nitrogens is 1. The highest BCUT2D eigenvalue weighted by atomic mass is 32.1. The molecular weight excluding hydrogens is 268 g/mol. The number of rotatable bonds is 3. The Morgan fingerprint density at radius 3 is 2.74 bits per heavy atom. The zero-order valence-corrected chi connectivity index (χ0v) is 11.5. The Balaban J connectivity index is 2.20. The summed E-state index contributed by atoms with van der Waals surface area (Å²) in [6.07, 6.45) is 1.11. The van der Waals surface area contributed by atoms with E-state index in [9.17, 15) is 9.59 Å². The lowest BCUT2D eigenvalue weighted by atomic mass is 10.3. The Hall–Kier alpha value is -2.15. The molecule has 7 heteroatoms. The van der Waals surface area contributed by atoms with Gasteiger partial charge in [-0.1, -0.05) is 0 Å². The fourth-order valence-corrected chi connectivity index (χ4v) is 2.16. The number of nitrogens with zero attached hydrogens (tertiary/aromatic N) is 1. The Morgan fingerprint density at radius 2 is 2.21 bits per heavy atom. The van der Waals surface area contributed by atoms with Crippen molar-refractivity contribution in [2.75, 3.05) is 12.4 Å². The number of carbonyl (C=O) groups is 1. The van der Waals surface area contributed by atoms with Crippen molar-refractivity contribution in [3.8, 4) is 5.75 Å². The van der Waals surface area contributed by atoms with Gasteiger partial charge in [0.05, 0.1) is 12.8 Å². The van der Waals surface area contributed by atoms with E-state index in [1.807, 2.05) is 13.8 Å². The fraction of sp³-hybridized carbons (Fsp3) is 0.250. The average molecular weight is 280 g/mol. The monoisotopic (exact) mass is 280 g/mol. The summed E-state index contributed by atoms with van der Waals surface area (Å²) in [6, 6.07) is 1.08. The maximum absolute atomic E-state index is 11.9. The van der Waals surface area contributed by atoms with Crippen LogP contribution in [0.4, 0.5) is 5.13 Å². The second-order valence-corrected chi connectivity index (χ2v) is 4.99. The Labute approximate surface area is 113 Å². The van der Waals surface area contributed by atoms with Gasteiger partial charge in [0.2, 0.25) is 11.2 Å². The molecule has 0 fully saturated rings. The van der Waals surface area contributed by atoms with E-state index in [-0.39, 0.29) is 11.5 Å². The van der Waals surface area contributed by atoms with Crippen LogP contribution in [0, 0.1) is 13.8 Å². The van der Waals surface area contributed by atoms with Crippen LogP contribution in [0.15, 0.2) is 21.5 Å². The molecule has 2 rings (SSSR count). The molecular formula is C12H12N2O4S. The number of hydrogen-bond acceptors (Lipinski definition) is 6. The molecule has 2 heterocycles. The van der Waals surface area contributed by atoms with Gasteiger partial charge in [-0.05, 0) is 13.8 Å². The average Bonchev–Trinajstić information content (AvgIpc) is 2.68. The normalized spacial score (nSPS) is 10.3. The Morgan fingerprint density at radius 1 is 1.47 bits per heavy atom. The molecule has 0 saturated heterocycles. The molecule has 2 aromatic rings. The van der Waals surface area contributed by atoms with Crippen molar-refractivity contribution in [2.24, 2.45) is 0 Å². The number of ether oxygens (including phenoxy) is 1. The third kappa shape index (κ3) is 2.82. The molecule has 0 aromatic carbocycles. The Bertz CT molecular complexity index is 655. The lowest BCUT2D eigenvalue weighted by Crippen LogP contribution is -2.15. The van der Waals surface area contributed by atoms with E-state index in [2.05, 4.69) is 10.3 Å². The lowest BCUT2D eigenvalue weighted by molar-refractivity contribution is 0.0993. The number of aryl methyl sites for hydroxylation is 2. The predicted molar refractivity (Wildman–Crippen MR) is 71.1 cm³/mol. The molecule has 1 N–H and O–H groups in total. The van der Waals surface area contributed by atoms with E-state index < -0.39 is 11.3 Å². The smallest absolute Gasteiger partial charge is 0.293 e.